The quantitative estimate of drug-likeness (QED) is 0.388. The van der Waals surface area contributed by atoms with Crippen LogP contribution < -0.4 is 10.1 Å². The first-order valence-corrected chi connectivity index (χ1v) is 11.3. The number of para-hydroxylation sites is 1. The van der Waals surface area contributed by atoms with Crippen molar-refractivity contribution in [1.29, 1.82) is 0 Å². The first-order chi connectivity index (χ1) is 16.9. The highest BCUT2D eigenvalue weighted by Crippen LogP contribution is 2.27. The standard InChI is InChI=1S/C27H20ClN3O4/c1-16-9-10-17-5-4-8-23(25(17)29-16)35-15-18-13-19(11-12-22(18)28)30-24(32)14-31-26(33)20-6-2-3-7-21(20)27(31)34/h2-13H,14-15H2,1H3,(H,30,32). The molecule has 0 radical (unpaired) electrons. The lowest BCUT2D eigenvalue weighted by Gasteiger charge is -2.15. The van der Waals surface area contributed by atoms with E-state index in [0.29, 0.717) is 33.1 Å². The number of anilines is 1. The molecule has 8 heteroatoms. The molecular formula is C27H20ClN3O4. The molecule has 0 saturated heterocycles. The van der Waals surface area contributed by atoms with Crippen LogP contribution in [0.1, 0.15) is 32.0 Å². The molecule has 1 aliphatic heterocycles. The van der Waals surface area contributed by atoms with E-state index in [4.69, 9.17) is 16.3 Å². The van der Waals surface area contributed by atoms with Gasteiger partial charge >= 0.3 is 0 Å². The Morgan fingerprint density at radius 3 is 2.46 bits per heavy atom. The molecule has 0 atom stereocenters. The number of nitrogens with zero attached hydrogens (tertiary/aromatic N) is 2. The van der Waals surface area contributed by atoms with E-state index in [2.05, 4.69) is 10.3 Å². The number of benzene rings is 3. The number of aromatic nitrogens is 1. The van der Waals surface area contributed by atoms with Crippen molar-refractivity contribution in [2.24, 2.45) is 0 Å². The van der Waals surface area contributed by atoms with Crippen molar-refractivity contribution in [3.63, 3.8) is 0 Å². The molecule has 0 spiro atoms. The number of amides is 3. The minimum atomic E-state index is -0.498. The van der Waals surface area contributed by atoms with Gasteiger partial charge in [0.15, 0.2) is 0 Å². The van der Waals surface area contributed by atoms with Crippen LogP contribution in [0, 0.1) is 6.92 Å². The molecule has 0 bridgehead atoms. The molecule has 5 rings (SSSR count). The minimum absolute atomic E-state index is 0.162. The predicted molar refractivity (Wildman–Crippen MR) is 133 cm³/mol. The molecule has 1 aromatic heterocycles. The number of hydrogen-bond acceptors (Lipinski definition) is 5. The van der Waals surface area contributed by atoms with Gasteiger partial charge in [-0.25, -0.2) is 4.98 Å². The lowest BCUT2D eigenvalue weighted by molar-refractivity contribution is -0.116. The highest BCUT2D eigenvalue weighted by molar-refractivity contribution is 6.31. The molecule has 3 amide bonds. The number of fused-ring (bicyclic) bond motifs is 2. The second kappa shape index (κ2) is 9.19. The molecule has 4 aromatic rings. The molecule has 3 aromatic carbocycles. The summed E-state index contributed by atoms with van der Waals surface area (Å²) in [5.74, 6) is -0.834. The molecule has 1 aliphatic rings. The van der Waals surface area contributed by atoms with Crippen molar-refractivity contribution in [1.82, 2.24) is 9.88 Å². The topological polar surface area (TPSA) is 88.6 Å². The normalized spacial score (nSPS) is 12.7. The smallest absolute Gasteiger partial charge is 0.262 e. The molecule has 7 nitrogen and oxygen atoms in total. The van der Waals surface area contributed by atoms with E-state index in [1.165, 1.54) is 0 Å². The van der Waals surface area contributed by atoms with Crippen LogP contribution in [0.25, 0.3) is 10.9 Å². The predicted octanol–water partition coefficient (Wildman–Crippen LogP) is 5.01. The number of pyridine rings is 1. The number of carbonyl (C=O) groups is 3. The number of carbonyl (C=O) groups excluding carboxylic acids is 3. The molecular weight excluding hydrogens is 466 g/mol. The monoisotopic (exact) mass is 485 g/mol. The van der Waals surface area contributed by atoms with Crippen molar-refractivity contribution >= 4 is 45.9 Å². The number of ether oxygens (including phenoxy) is 1. The van der Waals surface area contributed by atoms with Crippen molar-refractivity contribution in [3.8, 4) is 5.75 Å². The van der Waals surface area contributed by atoms with Gasteiger partial charge in [0.2, 0.25) is 5.91 Å². The van der Waals surface area contributed by atoms with Crippen molar-refractivity contribution in [3.05, 3.63) is 100 Å². The van der Waals surface area contributed by atoms with Gasteiger partial charge in [-0.3, -0.25) is 19.3 Å². The molecule has 1 N–H and O–H groups in total. The van der Waals surface area contributed by atoms with E-state index in [1.54, 1.807) is 42.5 Å². The summed E-state index contributed by atoms with van der Waals surface area (Å²) in [5, 5.41) is 4.17. The average Bonchev–Trinajstić information content (AvgIpc) is 3.09. The average molecular weight is 486 g/mol. The van der Waals surface area contributed by atoms with Crippen LogP contribution in [-0.2, 0) is 11.4 Å². The summed E-state index contributed by atoms with van der Waals surface area (Å²) in [4.78, 5) is 43.2. The fraction of sp³-hybridized carbons (Fsp3) is 0.111. The van der Waals surface area contributed by atoms with Crippen LogP contribution in [0.3, 0.4) is 0 Å². The van der Waals surface area contributed by atoms with E-state index in [9.17, 15) is 14.4 Å². The van der Waals surface area contributed by atoms with E-state index >= 15 is 0 Å². The Morgan fingerprint density at radius 1 is 0.971 bits per heavy atom. The zero-order valence-electron chi connectivity index (χ0n) is 18.7. The SMILES string of the molecule is Cc1ccc2cccc(OCc3cc(NC(=O)CN4C(=O)c5ccccc5C4=O)ccc3Cl)c2n1. The molecule has 174 valence electrons. The van der Waals surface area contributed by atoms with Crippen molar-refractivity contribution in [2.75, 3.05) is 11.9 Å². The van der Waals surface area contributed by atoms with Gasteiger partial charge in [-0.1, -0.05) is 41.9 Å². The van der Waals surface area contributed by atoms with Crippen molar-refractivity contribution < 1.29 is 19.1 Å². The fourth-order valence-electron chi connectivity index (χ4n) is 3.98. The Morgan fingerprint density at radius 2 is 1.71 bits per heavy atom. The largest absolute Gasteiger partial charge is 0.487 e. The summed E-state index contributed by atoms with van der Waals surface area (Å²) in [6.07, 6.45) is 0. The zero-order valence-corrected chi connectivity index (χ0v) is 19.5. The molecule has 0 unspecified atom stereocenters. The number of hydrogen-bond donors (Lipinski definition) is 1. The Bertz CT molecular complexity index is 1470. The maximum absolute atomic E-state index is 12.6. The Hall–Kier alpha value is -4.23. The van der Waals surface area contributed by atoms with E-state index in [-0.39, 0.29) is 13.2 Å². The highest BCUT2D eigenvalue weighted by atomic mass is 35.5. The minimum Gasteiger partial charge on any atom is -0.487 e. The van der Waals surface area contributed by atoms with Crippen LogP contribution in [0.5, 0.6) is 5.75 Å². The summed E-state index contributed by atoms with van der Waals surface area (Å²) in [6, 6.07) is 21.1. The second-order valence-electron chi connectivity index (χ2n) is 8.17. The highest BCUT2D eigenvalue weighted by Gasteiger charge is 2.36. The Kier molecular flexibility index (Phi) is 5.93. The summed E-state index contributed by atoms with van der Waals surface area (Å²) in [6.45, 7) is 1.69. The number of aryl methyl sites for hydroxylation is 1. The molecule has 35 heavy (non-hydrogen) atoms. The molecule has 0 fully saturated rings. The number of rotatable bonds is 6. The Labute approximate surface area is 206 Å². The first-order valence-electron chi connectivity index (χ1n) is 10.9. The van der Waals surface area contributed by atoms with Crippen LogP contribution in [0.2, 0.25) is 5.02 Å². The number of halogens is 1. The molecule has 0 saturated carbocycles. The summed E-state index contributed by atoms with van der Waals surface area (Å²) < 4.78 is 6.02. The number of imide groups is 1. The van der Waals surface area contributed by atoms with Crippen LogP contribution in [0.4, 0.5) is 5.69 Å². The maximum Gasteiger partial charge on any atom is 0.262 e. The lowest BCUT2D eigenvalue weighted by Crippen LogP contribution is -2.37. The van der Waals surface area contributed by atoms with Gasteiger partial charge < -0.3 is 10.1 Å². The van der Waals surface area contributed by atoms with Crippen LogP contribution >= 0.6 is 11.6 Å². The van der Waals surface area contributed by atoms with Gasteiger partial charge in [-0.15, -0.1) is 0 Å². The van der Waals surface area contributed by atoms with E-state index < -0.39 is 17.7 Å². The van der Waals surface area contributed by atoms with Gasteiger partial charge in [0.1, 0.15) is 24.4 Å². The first kappa shape index (κ1) is 22.6. The summed E-state index contributed by atoms with van der Waals surface area (Å²) in [5.41, 5.74) is 3.38. The lowest BCUT2D eigenvalue weighted by atomic mass is 10.1. The molecule has 0 aliphatic carbocycles. The van der Waals surface area contributed by atoms with Crippen LogP contribution in [0.15, 0.2) is 72.8 Å². The summed E-state index contributed by atoms with van der Waals surface area (Å²) in [7, 11) is 0. The Balaban J connectivity index is 1.28. The van der Waals surface area contributed by atoms with Gasteiger partial charge in [0, 0.05) is 27.4 Å². The van der Waals surface area contributed by atoms with Crippen LogP contribution in [-0.4, -0.2) is 34.2 Å². The van der Waals surface area contributed by atoms with Crippen molar-refractivity contribution in [2.45, 2.75) is 13.5 Å². The summed E-state index contributed by atoms with van der Waals surface area (Å²) >= 11 is 6.36. The molecule has 2 heterocycles. The van der Waals surface area contributed by atoms with E-state index in [1.807, 2.05) is 37.3 Å². The number of nitrogens with one attached hydrogen (secondary N) is 1. The third-order valence-corrected chi connectivity index (χ3v) is 6.08. The van der Waals surface area contributed by atoms with Gasteiger partial charge in [0.25, 0.3) is 11.8 Å². The van der Waals surface area contributed by atoms with E-state index in [0.717, 1.165) is 21.5 Å². The third-order valence-electron chi connectivity index (χ3n) is 5.72. The third kappa shape index (κ3) is 4.46. The maximum atomic E-state index is 12.6. The fourth-order valence-corrected chi connectivity index (χ4v) is 4.15. The zero-order chi connectivity index (χ0) is 24.5. The second-order valence-corrected chi connectivity index (χ2v) is 8.57. The van der Waals surface area contributed by atoms with Gasteiger partial charge in [-0.2, -0.15) is 0 Å². The van der Waals surface area contributed by atoms with Gasteiger partial charge in [-0.05, 0) is 49.4 Å². The van der Waals surface area contributed by atoms with Gasteiger partial charge in [0.05, 0.1) is 11.1 Å².